The van der Waals surface area contributed by atoms with Crippen LogP contribution >= 0.6 is 0 Å². The van der Waals surface area contributed by atoms with Crippen LogP contribution in [-0.4, -0.2) is 23.5 Å². The Labute approximate surface area is 98.6 Å². The number of nitrogens with one attached hydrogen (secondary N) is 2. The van der Waals surface area contributed by atoms with E-state index in [1.165, 1.54) is 0 Å². The van der Waals surface area contributed by atoms with Crippen LogP contribution < -0.4 is 22.1 Å². The minimum Gasteiger partial charge on any atom is -0.369 e. The van der Waals surface area contributed by atoms with Gasteiger partial charge in [0, 0.05) is 5.57 Å². The molecule has 1 aliphatic rings. The molecule has 94 valence electrons. The van der Waals surface area contributed by atoms with Crippen molar-refractivity contribution in [2.75, 3.05) is 0 Å². The van der Waals surface area contributed by atoms with Gasteiger partial charge in [0.2, 0.25) is 11.8 Å². The fraction of sp³-hybridized carbons (Fsp3) is 0.500. The highest BCUT2D eigenvalue weighted by atomic mass is 16.2. The van der Waals surface area contributed by atoms with Crippen molar-refractivity contribution in [1.29, 1.82) is 0 Å². The number of urea groups is 1. The zero-order chi connectivity index (χ0) is 13.1. The Hall–Kier alpha value is -2.05. The van der Waals surface area contributed by atoms with E-state index in [1.54, 1.807) is 0 Å². The predicted octanol–water partition coefficient (Wildman–Crippen LogP) is -0.917. The van der Waals surface area contributed by atoms with Crippen molar-refractivity contribution in [3.63, 3.8) is 0 Å². The van der Waals surface area contributed by atoms with E-state index in [2.05, 4.69) is 17.2 Å². The van der Waals surface area contributed by atoms with E-state index in [0.29, 0.717) is 12.8 Å². The Morgan fingerprint density at radius 3 is 2.12 bits per heavy atom. The van der Waals surface area contributed by atoms with Gasteiger partial charge in [-0.3, -0.25) is 9.59 Å². The van der Waals surface area contributed by atoms with E-state index in [9.17, 15) is 14.4 Å². The lowest BCUT2D eigenvalue weighted by Crippen LogP contribution is -2.65. The quantitative estimate of drug-likeness (QED) is 0.366. The molecule has 0 aliphatic heterocycles. The summed E-state index contributed by atoms with van der Waals surface area (Å²) in [6, 6.07) is -0.703. The molecule has 0 unspecified atom stereocenters. The first kappa shape index (κ1) is 13.0. The molecule has 7 nitrogen and oxygen atoms in total. The Kier molecular flexibility index (Phi) is 3.72. The number of hydrogen-bond acceptors (Lipinski definition) is 3. The molecular formula is C10H16N4O3. The lowest BCUT2D eigenvalue weighted by molar-refractivity contribution is -0.123. The Bertz CT molecular complexity index is 374. The Morgan fingerprint density at radius 1 is 1.18 bits per heavy atom. The largest absolute Gasteiger partial charge is 0.369 e. The molecule has 0 radical (unpaired) electrons. The summed E-state index contributed by atoms with van der Waals surface area (Å²) in [4.78, 5) is 33.1. The highest BCUT2D eigenvalue weighted by Crippen LogP contribution is 2.29. The van der Waals surface area contributed by atoms with Gasteiger partial charge in [0.25, 0.3) is 0 Å². The topological polar surface area (TPSA) is 127 Å². The zero-order valence-electron chi connectivity index (χ0n) is 9.41. The van der Waals surface area contributed by atoms with Crippen molar-refractivity contribution in [2.45, 2.75) is 31.3 Å². The van der Waals surface area contributed by atoms with Crippen molar-refractivity contribution in [3.05, 3.63) is 12.2 Å². The van der Waals surface area contributed by atoms with Crippen LogP contribution in [0.2, 0.25) is 0 Å². The van der Waals surface area contributed by atoms with E-state index in [0.717, 1.165) is 6.42 Å². The van der Waals surface area contributed by atoms with Crippen molar-refractivity contribution in [1.82, 2.24) is 10.6 Å². The summed E-state index contributed by atoms with van der Waals surface area (Å²) < 4.78 is 0. The van der Waals surface area contributed by atoms with E-state index in [4.69, 9.17) is 11.5 Å². The van der Waals surface area contributed by atoms with Gasteiger partial charge in [-0.25, -0.2) is 4.79 Å². The Morgan fingerprint density at radius 2 is 1.76 bits per heavy atom. The molecular weight excluding hydrogens is 224 g/mol. The number of nitrogens with two attached hydrogens (primary N) is 2. The second-order valence-corrected chi connectivity index (χ2v) is 4.13. The third-order valence-electron chi connectivity index (χ3n) is 2.63. The molecule has 1 saturated carbocycles. The van der Waals surface area contributed by atoms with Crippen molar-refractivity contribution in [3.8, 4) is 0 Å². The SMILES string of the molecule is C=C(CC(N)=O)C(=O)NC1(NC(N)=O)CCC1. The van der Waals surface area contributed by atoms with Crippen molar-refractivity contribution >= 4 is 17.8 Å². The van der Waals surface area contributed by atoms with Crippen LogP contribution in [0.5, 0.6) is 0 Å². The van der Waals surface area contributed by atoms with Gasteiger partial charge in [-0.05, 0) is 19.3 Å². The summed E-state index contributed by atoms with van der Waals surface area (Å²) in [5.74, 6) is -1.13. The fourth-order valence-electron chi connectivity index (χ4n) is 1.64. The standard InChI is InChI=1S/C10H16N4O3/c1-6(5-7(11)15)8(16)13-10(3-2-4-10)14-9(12)17/h1-5H2,(H2,11,15)(H,13,16)(H3,12,14,17). The number of rotatable bonds is 5. The third-order valence-corrected chi connectivity index (χ3v) is 2.63. The van der Waals surface area contributed by atoms with Gasteiger partial charge in [0.05, 0.1) is 6.42 Å². The molecule has 1 aliphatic carbocycles. The molecule has 0 bridgehead atoms. The van der Waals surface area contributed by atoms with Crippen LogP contribution in [0.4, 0.5) is 4.79 Å². The summed E-state index contributed by atoms with van der Waals surface area (Å²) in [7, 11) is 0. The van der Waals surface area contributed by atoms with Crippen LogP contribution in [0.1, 0.15) is 25.7 Å². The molecule has 0 aromatic carbocycles. The molecule has 0 heterocycles. The number of primary amides is 2. The molecule has 0 atom stereocenters. The Balaban J connectivity index is 2.56. The number of amides is 4. The van der Waals surface area contributed by atoms with Gasteiger partial charge < -0.3 is 22.1 Å². The fourth-order valence-corrected chi connectivity index (χ4v) is 1.64. The van der Waals surface area contributed by atoms with E-state index in [1.807, 2.05) is 0 Å². The van der Waals surface area contributed by atoms with Gasteiger partial charge >= 0.3 is 6.03 Å². The lowest BCUT2D eigenvalue weighted by Gasteiger charge is -2.42. The van der Waals surface area contributed by atoms with Gasteiger partial charge in [-0.15, -0.1) is 0 Å². The summed E-state index contributed by atoms with van der Waals surface area (Å²) in [6.07, 6.45) is 1.87. The molecule has 0 spiro atoms. The maximum atomic E-state index is 11.7. The molecule has 4 amide bonds. The normalized spacial score (nSPS) is 16.5. The summed E-state index contributed by atoms with van der Waals surface area (Å²) >= 11 is 0. The average Bonchev–Trinajstić information content (AvgIpc) is 2.12. The number of hydrogen-bond donors (Lipinski definition) is 4. The van der Waals surface area contributed by atoms with Crippen molar-refractivity contribution < 1.29 is 14.4 Å². The van der Waals surface area contributed by atoms with Gasteiger partial charge in [-0.1, -0.05) is 6.58 Å². The van der Waals surface area contributed by atoms with Crippen LogP contribution in [0.3, 0.4) is 0 Å². The molecule has 0 aromatic rings. The first-order valence-corrected chi connectivity index (χ1v) is 5.21. The second kappa shape index (κ2) is 4.86. The monoisotopic (exact) mass is 240 g/mol. The molecule has 17 heavy (non-hydrogen) atoms. The maximum Gasteiger partial charge on any atom is 0.313 e. The number of carbonyl (C=O) groups excluding carboxylic acids is 3. The lowest BCUT2D eigenvalue weighted by atomic mass is 9.84. The van der Waals surface area contributed by atoms with E-state index < -0.39 is 23.5 Å². The van der Waals surface area contributed by atoms with Crippen LogP contribution in [-0.2, 0) is 9.59 Å². The minimum atomic E-state index is -0.802. The van der Waals surface area contributed by atoms with Gasteiger partial charge in [-0.2, -0.15) is 0 Å². The predicted molar refractivity (Wildman–Crippen MR) is 60.4 cm³/mol. The van der Waals surface area contributed by atoms with E-state index in [-0.39, 0.29) is 12.0 Å². The van der Waals surface area contributed by atoms with E-state index >= 15 is 0 Å². The smallest absolute Gasteiger partial charge is 0.313 e. The van der Waals surface area contributed by atoms with Crippen LogP contribution in [0.15, 0.2) is 12.2 Å². The highest BCUT2D eigenvalue weighted by molar-refractivity contribution is 5.98. The summed E-state index contributed by atoms with van der Waals surface area (Å²) in [5, 5.41) is 5.09. The van der Waals surface area contributed by atoms with Crippen LogP contribution in [0.25, 0.3) is 0 Å². The molecule has 0 saturated heterocycles. The molecule has 0 aromatic heterocycles. The zero-order valence-corrected chi connectivity index (χ0v) is 9.41. The van der Waals surface area contributed by atoms with Crippen molar-refractivity contribution in [2.24, 2.45) is 11.5 Å². The highest BCUT2D eigenvalue weighted by Gasteiger charge is 2.39. The van der Waals surface area contributed by atoms with Crippen LogP contribution in [0, 0.1) is 0 Å². The minimum absolute atomic E-state index is 0.0649. The maximum absolute atomic E-state index is 11.7. The van der Waals surface area contributed by atoms with Gasteiger partial charge in [0.1, 0.15) is 5.66 Å². The first-order valence-electron chi connectivity index (χ1n) is 5.21. The molecule has 7 heteroatoms. The average molecular weight is 240 g/mol. The molecule has 1 rings (SSSR count). The third kappa shape index (κ3) is 3.47. The summed E-state index contributed by atoms with van der Waals surface area (Å²) in [5.41, 5.74) is 9.24. The first-order chi connectivity index (χ1) is 7.84. The number of carbonyl (C=O) groups is 3. The summed E-state index contributed by atoms with van der Waals surface area (Å²) in [6.45, 7) is 3.46. The second-order valence-electron chi connectivity index (χ2n) is 4.13. The molecule has 1 fully saturated rings. The van der Waals surface area contributed by atoms with Gasteiger partial charge in [0.15, 0.2) is 0 Å². The molecule has 6 N–H and O–H groups in total.